The number of fused-ring (bicyclic) bond motifs is 1. The van der Waals surface area contributed by atoms with Crippen molar-refractivity contribution in [3.63, 3.8) is 0 Å². The maximum Gasteiger partial charge on any atom is 0.348 e. The minimum atomic E-state index is -0.427. The molecule has 0 aliphatic carbocycles. The van der Waals surface area contributed by atoms with Crippen molar-refractivity contribution < 1.29 is 19.1 Å². The Morgan fingerprint density at radius 3 is 2.39 bits per heavy atom. The summed E-state index contributed by atoms with van der Waals surface area (Å²) in [6.07, 6.45) is 1.29. The number of thiophene rings is 1. The fraction of sp³-hybridized carbons (Fsp3) is 0.391. The minimum Gasteiger partial charge on any atom is -0.461 e. The van der Waals surface area contributed by atoms with Gasteiger partial charge in [0.05, 0.1) is 36.5 Å². The quantitative estimate of drug-likeness (QED) is 0.510. The van der Waals surface area contributed by atoms with Gasteiger partial charge in [-0.3, -0.25) is 9.36 Å². The first-order valence-corrected chi connectivity index (χ1v) is 10.9. The molecule has 0 saturated carbocycles. The average Bonchev–Trinajstić information content (AvgIpc) is 3.05. The van der Waals surface area contributed by atoms with Gasteiger partial charge in [-0.25, -0.2) is 14.6 Å². The third-order valence-electron chi connectivity index (χ3n) is 4.54. The molecule has 3 aromatic rings. The molecule has 0 saturated heterocycles. The maximum absolute atomic E-state index is 13.1. The van der Waals surface area contributed by atoms with Crippen LogP contribution in [0.25, 0.3) is 10.2 Å². The molecule has 0 bridgehead atoms. The summed E-state index contributed by atoms with van der Waals surface area (Å²) in [5, 5.41) is 0.432. The first-order valence-electron chi connectivity index (χ1n) is 10.1. The number of benzene rings is 1. The Morgan fingerprint density at radius 1 is 1.10 bits per heavy atom. The Labute approximate surface area is 184 Å². The molecule has 0 spiro atoms. The lowest BCUT2D eigenvalue weighted by atomic mass is 10.1. The van der Waals surface area contributed by atoms with Crippen LogP contribution in [0.1, 0.15) is 58.9 Å². The molecule has 0 unspecified atom stereocenters. The van der Waals surface area contributed by atoms with Gasteiger partial charge >= 0.3 is 11.9 Å². The molecule has 2 aromatic heterocycles. The zero-order chi connectivity index (χ0) is 22.7. The molecule has 164 valence electrons. The zero-order valence-electron chi connectivity index (χ0n) is 18.3. The van der Waals surface area contributed by atoms with Crippen molar-refractivity contribution in [2.45, 2.75) is 47.3 Å². The van der Waals surface area contributed by atoms with Crippen molar-refractivity contribution in [1.29, 1.82) is 0 Å². The average molecular weight is 443 g/mol. The summed E-state index contributed by atoms with van der Waals surface area (Å²) in [7, 11) is 0. The molecular weight excluding hydrogens is 416 g/mol. The highest BCUT2D eigenvalue weighted by molar-refractivity contribution is 7.20. The number of rotatable bonds is 7. The van der Waals surface area contributed by atoms with E-state index in [0.29, 0.717) is 39.4 Å². The molecule has 0 aliphatic rings. The van der Waals surface area contributed by atoms with E-state index >= 15 is 0 Å². The highest BCUT2D eigenvalue weighted by Gasteiger charge is 2.21. The van der Waals surface area contributed by atoms with Gasteiger partial charge in [-0.2, -0.15) is 0 Å². The molecule has 0 amide bonds. The van der Waals surface area contributed by atoms with E-state index in [2.05, 4.69) is 4.98 Å². The van der Waals surface area contributed by atoms with Crippen molar-refractivity contribution in [1.82, 2.24) is 9.55 Å². The lowest BCUT2D eigenvalue weighted by Gasteiger charge is -2.09. The second kappa shape index (κ2) is 9.43. The first-order chi connectivity index (χ1) is 14.7. The second-order valence-corrected chi connectivity index (χ2v) is 9.06. The van der Waals surface area contributed by atoms with Crippen LogP contribution in [0, 0.1) is 12.8 Å². The van der Waals surface area contributed by atoms with Gasteiger partial charge in [0.1, 0.15) is 9.71 Å². The number of aromatic nitrogens is 2. The number of hydrogen-bond donors (Lipinski definition) is 0. The third-order valence-corrected chi connectivity index (χ3v) is 5.72. The molecule has 0 N–H and O–H groups in total. The number of nitrogens with zero attached hydrogens (tertiary/aromatic N) is 2. The molecular formula is C23H26N2O5S. The predicted molar refractivity (Wildman–Crippen MR) is 120 cm³/mol. The van der Waals surface area contributed by atoms with Crippen molar-refractivity contribution in [3.05, 3.63) is 62.5 Å². The van der Waals surface area contributed by atoms with E-state index in [1.807, 2.05) is 13.8 Å². The van der Waals surface area contributed by atoms with Crippen molar-refractivity contribution >= 4 is 33.5 Å². The maximum atomic E-state index is 13.1. The molecule has 2 heterocycles. The van der Waals surface area contributed by atoms with E-state index < -0.39 is 5.97 Å². The van der Waals surface area contributed by atoms with E-state index in [0.717, 1.165) is 5.56 Å². The number of esters is 2. The van der Waals surface area contributed by atoms with Gasteiger partial charge in [-0.1, -0.05) is 26.0 Å². The third kappa shape index (κ3) is 5.19. The largest absolute Gasteiger partial charge is 0.461 e. The van der Waals surface area contributed by atoms with Gasteiger partial charge in [0.25, 0.3) is 5.56 Å². The molecule has 0 fully saturated rings. The van der Waals surface area contributed by atoms with Gasteiger partial charge < -0.3 is 9.47 Å². The molecule has 0 aliphatic heterocycles. The van der Waals surface area contributed by atoms with Crippen LogP contribution in [0.3, 0.4) is 0 Å². The lowest BCUT2D eigenvalue weighted by Crippen LogP contribution is -2.21. The SMILES string of the molecule is Cc1c(C(=O)OCC(C)C)sc2ncn(Cc3ccc(C(=O)OC(C)C)cc3)c(=O)c12. The molecule has 31 heavy (non-hydrogen) atoms. The van der Waals surface area contributed by atoms with Crippen LogP contribution in [-0.4, -0.2) is 34.2 Å². The fourth-order valence-electron chi connectivity index (χ4n) is 3.00. The molecule has 7 nitrogen and oxygen atoms in total. The van der Waals surface area contributed by atoms with E-state index in [4.69, 9.17) is 9.47 Å². The molecule has 0 radical (unpaired) electrons. The topological polar surface area (TPSA) is 87.5 Å². The Morgan fingerprint density at radius 2 is 1.77 bits per heavy atom. The van der Waals surface area contributed by atoms with Crippen molar-refractivity contribution in [3.8, 4) is 0 Å². The van der Waals surface area contributed by atoms with Gasteiger partial charge in [0.2, 0.25) is 0 Å². The summed E-state index contributed by atoms with van der Waals surface area (Å²) in [5.74, 6) is -0.579. The monoisotopic (exact) mass is 442 g/mol. The normalized spacial score (nSPS) is 11.3. The lowest BCUT2D eigenvalue weighted by molar-refractivity contribution is 0.0377. The van der Waals surface area contributed by atoms with E-state index in [-0.39, 0.29) is 23.6 Å². The van der Waals surface area contributed by atoms with Crippen LogP contribution >= 0.6 is 11.3 Å². The van der Waals surface area contributed by atoms with E-state index in [1.165, 1.54) is 22.2 Å². The Balaban J connectivity index is 1.84. The van der Waals surface area contributed by atoms with Crippen molar-refractivity contribution in [2.24, 2.45) is 5.92 Å². The number of carbonyl (C=O) groups excluding carboxylic acids is 2. The highest BCUT2D eigenvalue weighted by Crippen LogP contribution is 2.27. The summed E-state index contributed by atoms with van der Waals surface area (Å²) in [5.41, 5.74) is 1.67. The molecule has 0 atom stereocenters. The van der Waals surface area contributed by atoms with Crippen LogP contribution in [-0.2, 0) is 16.0 Å². The van der Waals surface area contributed by atoms with Gasteiger partial charge in [-0.15, -0.1) is 11.3 Å². The van der Waals surface area contributed by atoms with E-state index in [1.54, 1.807) is 45.0 Å². The highest BCUT2D eigenvalue weighted by atomic mass is 32.1. The van der Waals surface area contributed by atoms with Crippen LogP contribution in [0.15, 0.2) is 35.4 Å². The number of ether oxygens (including phenoxy) is 2. The summed E-state index contributed by atoms with van der Waals surface area (Å²) < 4.78 is 12.0. The summed E-state index contributed by atoms with van der Waals surface area (Å²) in [6.45, 7) is 9.88. The summed E-state index contributed by atoms with van der Waals surface area (Å²) in [4.78, 5) is 42.7. The number of carbonyl (C=O) groups is 2. The van der Waals surface area contributed by atoms with Crippen LogP contribution in [0.4, 0.5) is 0 Å². The first kappa shape index (κ1) is 22.7. The predicted octanol–water partition coefficient (Wildman–Crippen LogP) is 4.19. The second-order valence-electron chi connectivity index (χ2n) is 8.06. The standard InChI is InChI=1S/C23H26N2O5S/c1-13(2)11-29-23(28)19-15(5)18-20(31-19)24-12-25(21(18)26)10-16-6-8-17(9-7-16)22(27)30-14(3)4/h6-9,12-14H,10-11H2,1-5H3. The van der Waals surface area contributed by atoms with Crippen LogP contribution < -0.4 is 5.56 Å². The fourth-order valence-corrected chi connectivity index (χ4v) is 4.03. The number of aryl methyl sites for hydroxylation is 1. The summed E-state index contributed by atoms with van der Waals surface area (Å²) in [6, 6.07) is 6.91. The zero-order valence-corrected chi connectivity index (χ0v) is 19.1. The van der Waals surface area contributed by atoms with E-state index in [9.17, 15) is 14.4 Å². The smallest absolute Gasteiger partial charge is 0.348 e. The molecule has 8 heteroatoms. The Kier molecular flexibility index (Phi) is 6.90. The number of hydrogen-bond acceptors (Lipinski definition) is 7. The van der Waals surface area contributed by atoms with Gasteiger partial charge in [-0.05, 0) is 49.9 Å². The van der Waals surface area contributed by atoms with Gasteiger partial charge in [0, 0.05) is 0 Å². The van der Waals surface area contributed by atoms with Crippen molar-refractivity contribution in [2.75, 3.05) is 6.61 Å². The Hall–Kier alpha value is -3.00. The molecule has 3 rings (SSSR count). The Bertz CT molecular complexity index is 1160. The summed E-state index contributed by atoms with van der Waals surface area (Å²) >= 11 is 1.17. The van der Waals surface area contributed by atoms with Crippen LogP contribution in [0.5, 0.6) is 0 Å². The van der Waals surface area contributed by atoms with Gasteiger partial charge in [0.15, 0.2) is 0 Å². The molecule has 1 aromatic carbocycles. The minimum absolute atomic E-state index is 0.190. The van der Waals surface area contributed by atoms with Crippen LogP contribution in [0.2, 0.25) is 0 Å².